The highest BCUT2D eigenvalue weighted by atomic mass is 32.1. The second kappa shape index (κ2) is 9.03. The molecule has 1 heterocycles. The molecule has 0 saturated carbocycles. The molecule has 0 spiro atoms. The summed E-state index contributed by atoms with van der Waals surface area (Å²) >= 11 is 1.50. The van der Waals surface area contributed by atoms with Crippen molar-refractivity contribution in [3.63, 3.8) is 0 Å². The molecular formula is C17H21N3O4S. The topological polar surface area (TPSA) is 80.8 Å². The Hall–Kier alpha value is -2.61. The number of methoxy groups -OCH3 is 1. The third kappa shape index (κ3) is 5.46. The number of ether oxygens (including phenoxy) is 2. The van der Waals surface area contributed by atoms with Crippen LogP contribution in [0.15, 0.2) is 29.1 Å². The van der Waals surface area contributed by atoms with Crippen molar-refractivity contribution in [3.8, 4) is 11.5 Å². The number of aromatic nitrogens is 1. The van der Waals surface area contributed by atoms with Gasteiger partial charge in [0.05, 0.1) is 18.3 Å². The molecule has 2 aromatic rings. The fraction of sp³-hybridized carbons (Fsp3) is 0.353. The number of hydrogen-bond acceptors (Lipinski definition) is 6. The first kappa shape index (κ1) is 18.7. The fourth-order valence-corrected chi connectivity index (χ4v) is 2.54. The SMILES string of the molecule is COc1cc(C(=O)NCCC(=O)N(C)C)ccc1OCc1cscn1. The van der Waals surface area contributed by atoms with E-state index >= 15 is 0 Å². The third-order valence-electron chi connectivity index (χ3n) is 3.41. The number of thiazole rings is 1. The zero-order valence-electron chi connectivity index (χ0n) is 14.4. The molecule has 0 aliphatic rings. The minimum Gasteiger partial charge on any atom is -0.493 e. The second-order valence-corrected chi connectivity index (χ2v) is 6.15. The monoisotopic (exact) mass is 363 g/mol. The molecule has 0 aliphatic carbocycles. The van der Waals surface area contributed by atoms with Crippen molar-refractivity contribution in [3.05, 3.63) is 40.3 Å². The van der Waals surface area contributed by atoms with Crippen LogP contribution in [0.2, 0.25) is 0 Å². The summed E-state index contributed by atoms with van der Waals surface area (Å²) in [5.74, 6) is 0.696. The summed E-state index contributed by atoms with van der Waals surface area (Å²) in [5.41, 5.74) is 3.01. The van der Waals surface area contributed by atoms with E-state index in [9.17, 15) is 9.59 Å². The molecular weight excluding hydrogens is 342 g/mol. The summed E-state index contributed by atoms with van der Waals surface area (Å²) in [6, 6.07) is 4.95. The van der Waals surface area contributed by atoms with Crippen LogP contribution in [0, 0.1) is 0 Å². The van der Waals surface area contributed by atoms with Crippen molar-refractivity contribution in [1.82, 2.24) is 15.2 Å². The lowest BCUT2D eigenvalue weighted by Crippen LogP contribution is -2.30. The molecule has 0 atom stereocenters. The van der Waals surface area contributed by atoms with Gasteiger partial charge in [0.25, 0.3) is 5.91 Å². The van der Waals surface area contributed by atoms with Gasteiger partial charge in [-0.3, -0.25) is 9.59 Å². The number of nitrogens with zero attached hydrogens (tertiary/aromatic N) is 2. The van der Waals surface area contributed by atoms with Gasteiger partial charge in [-0.2, -0.15) is 0 Å². The third-order valence-corrected chi connectivity index (χ3v) is 4.04. The number of carbonyl (C=O) groups excluding carboxylic acids is 2. The molecule has 1 aromatic heterocycles. The molecule has 0 bridgehead atoms. The first-order chi connectivity index (χ1) is 12.0. The Labute approximate surface area is 150 Å². The maximum atomic E-state index is 12.2. The van der Waals surface area contributed by atoms with E-state index in [1.165, 1.54) is 23.3 Å². The van der Waals surface area contributed by atoms with Crippen LogP contribution in [0.5, 0.6) is 11.5 Å². The van der Waals surface area contributed by atoms with Crippen molar-refractivity contribution in [2.75, 3.05) is 27.7 Å². The highest BCUT2D eigenvalue weighted by molar-refractivity contribution is 7.07. The standard InChI is InChI=1S/C17H21N3O4S/c1-20(2)16(21)6-7-18-17(22)12-4-5-14(15(8-12)23-3)24-9-13-10-25-11-19-13/h4-5,8,10-11H,6-7,9H2,1-3H3,(H,18,22). The first-order valence-electron chi connectivity index (χ1n) is 7.67. The Bertz CT molecular complexity index is 717. The van der Waals surface area contributed by atoms with Crippen molar-refractivity contribution in [2.24, 2.45) is 0 Å². The fourth-order valence-electron chi connectivity index (χ4n) is 2.00. The van der Waals surface area contributed by atoms with Crippen molar-refractivity contribution < 1.29 is 19.1 Å². The Kier molecular flexibility index (Phi) is 6.76. The Balaban J connectivity index is 1.95. The van der Waals surface area contributed by atoms with E-state index in [-0.39, 0.29) is 24.8 Å². The lowest BCUT2D eigenvalue weighted by Gasteiger charge is -2.12. The van der Waals surface area contributed by atoms with E-state index in [2.05, 4.69) is 10.3 Å². The van der Waals surface area contributed by atoms with Gasteiger partial charge >= 0.3 is 0 Å². The van der Waals surface area contributed by atoms with Gasteiger partial charge < -0.3 is 19.7 Å². The molecule has 1 N–H and O–H groups in total. The first-order valence-corrected chi connectivity index (χ1v) is 8.61. The van der Waals surface area contributed by atoms with Gasteiger partial charge in [-0.25, -0.2) is 4.98 Å². The molecule has 7 nitrogen and oxygen atoms in total. The van der Waals surface area contributed by atoms with Crippen LogP contribution < -0.4 is 14.8 Å². The van der Waals surface area contributed by atoms with E-state index in [1.54, 1.807) is 37.8 Å². The summed E-state index contributed by atoms with van der Waals surface area (Å²) in [7, 11) is 4.88. The number of rotatable bonds is 8. The van der Waals surface area contributed by atoms with Crippen LogP contribution >= 0.6 is 11.3 Å². The quantitative estimate of drug-likeness (QED) is 0.775. The highest BCUT2D eigenvalue weighted by Gasteiger charge is 2.12. The predicted molar refractivity (Wildman–Crippen MR) is 95.1 cm³/mol. The lowest BCUT2D eigenvalue weighted by atomic mass is 10.2. The van der Waals surface area contributed by atoms with Crippen molar-refractivity contribution in [2.45, 2.75) is 13.0 Å². The molecule has 0 aliphatic heterocycles. The predicted octanol–water partition coefficient (Wildman–Crippen LogP) is 1.94. The van der Waals surface area contributed by atoms with E-state index in [1.807, 2.05) is 5.38 Å². The maximum Gasteiger partial charge on any atom is 0.251 e. The summed E-state index contributed by atoms with van der Waals surface area (Å²) in [4.78, 5) is 29.3. The van der Waals surface area contributed by atoms with Crippen LogP contribution in [0.4, 0.5) is 0 Å². The maximum absolute atomic E-state index is 12.2. The van der Waals surface area contributed by atoms with Crippen LogP contribution in [0.25, 0.3) is 0 Å². The van der Waals surface area contributed by atoms with E-state index in [0.717, 1.165) is 5.69 Å². The molecule has 134 valence electrons. The molecule has 8 heteroatoms. The molecule has 0 saturated heterocycles. The summed E-state index contributed by atoms with van der Waals surface area (Å²) in [6.45, 7) is 0.609. The zero-order chi connectivity index (χ0) is 18.2. The van der Waals surface area contributed by atoms with E-state index < -0.39 is 0 Å². The van der Waals surface area contributed by atoms with Crippen molar-refractivity contribution in [1.29, 1.82) is 0 Å². The summed E-state index contributed by atoms with van der Waals surface area (Å²) < 4.78 is 11.0. The smallest absolute Gasteiger partial charge is 0.251 e. The van der Waals surface area contributed by atoms with Crippen LogP contribution in [0.1, 0.15) is 22.5 Å². The number of amides is 2. The van der Waals surface area contributed by atoms with Gasteiger partial charge in [-0.1, -0.05) is 0 Å². The van der Waals surface area contributed by atoms with Gasteiger partial charge in [0, 0.05) is 38.0 Å². The van der Waals surface area contributed by atoms with Crippen LogP contribution in [-0.4, -0.2) is 49.4 Å². The van der Waals surface area contributed by atoms with Gasteiger partial charge in [0.1, 0.15) is 6.61 Å². The molecule has 0 radical (unpaired) electrons. The normalized spacial score (nSPS) is 10.2. The molecule has 1 aromatic carbocycles. The number of benzene rings is 1. The Morgan fingerprint density at radius 1 is 1.28 bits per heavy atom. The number of carbonyl (C=O) groups is 2. The molecule has 0 fully saturated rings. The molecule has 2 amide bonds. The average Bonchev–Trinajstić information content (AvgIpc) is 3.12. The molecule has 25 heavy (non-hydrogen) atoms. The molecule has 0 unspecified atom stereocenters. The van der Waals surface area contributed by atoms with Gasteiger partial charge in [0.15, 0.2) is 11.5 Å². The van der Waals surface area contributed by atoms with E-state index in [0.29, 0.717) is 23.7 Å². The Morgan fingerprint density at radius 3 is 2.72 bits per heavy atom. The zero-order valence-corrected chi connectivity index (χ0v) is 15.3. The van der Waals surface area contributed by atoms with E-state index in [4.69, 9.17) is 9.47 Å². The van der Waals surface area contributed by atoms with Gasteiger partial charge in [-0.15, -0.1) is 11.3 Å². The number of hydrogen-bond donors (Lipinski definition) is 1. The van der Waals surface area contributed by atoms with Gasteiger partial charge in [-0.05, 0) is 18.2 Å². The number of nitrogens with one attached hydrogen (secondary N) is 1. The van der Waals surface area contributed by atoms with Crippen LogP contribution in [0.3, 0.4) is 0 Å². The highest BCUT2D eigenvalue weighted by Crippen LogP contribution is 2.28. The van der Waals surface area contributed by atoms with Crippen molar-refractivity contribution >= 4 is 23.2 Å². The molecule has 2 rings (SSSR count). The minimum atomic E-state index is -0.268. The summed E-state index contributed by atoms with van der Waals surface area (Å²) in [5, 5.41) is 4.62. The largest absolute Gasteiger partial charge is 0.493 e. The van der Waals surface area contributed by atoms with Crippen LogP contribution in [-0.2, 0) is 11.4 Å². The summed E-state index contributed by atoms with van der Waals surface area (Å²) in [6.07, 6.45) is 0.255. The average molecular weight is 363 g/mol. The minimum absolute atomic E-state index is 0.0383. The lowest BCUT2D eigenvalue weighted by molar-refractivity contribution is -0.128. The van der Waals surface area contributed by atoms with Gasteiger partial charge in [0.2, 0.25) is 5.91 Å². The second-order valence-electron chi connectivity index (χ2n) is 5.43. The Morgan fingerprint density at radius 2 is 2.08 bits per heavy atom.